The van der Waals surface area contributed by atoms with E-state index in [-0.39, 0.29) is 6.10 Å². The lowest BCUT2D eigenvalue weighted by atomic mass is 10.1. The first-order valence-electron chi connectivity index (χ1n) is 7.57. The lowest BCUT2D eigenvalue weighted by Crippen LogP contribution is -2.45. The second kappa shape index (κ2) is 6.16. The number of nitrogens with one attached hydrogen (secondary N) is 2. The second-order valence-corrected chi connectivity index (χ2v) is 5.63. The predicted octanol–water partition coefficient (Wildman–Crippen LogP) is 2.10. The fourth-order valence-electron chi connectivity index (χ4n) is 3.04. The maximum absolute atomic E-state index is 5.93. The molecular formula is C16H23N3O. The Morgan fingerprint density at radius 1 is 1.30 bits per heavy atom. The summed E-state index contributed by atoms with van der Waals surface area (Å²) in [6.45, 7) is 0.793. The zero-order valence-corrected chi connectivity index (χ0v) is 12.1. The molecule has 1 aliphatic carbocycles. The van der Waals surface area contributed by atoms with Crippen molar-refractivity contribution in [2.75, 3.05) is 13.6 Å². The first kappa shape index (κ1) is 13.3. The quantitative estimate of drug-likeness (QED) is 0.655. The molecule has 2 aliphatic rings. The van der Waals surface area contributed by atoms with Crippen LogP contribution in [0.3, 0.4) is 0 Å². The molecule has 1 saturated carbocycles. The van der Waals surface area contributed by atoms with E-state index >= 15 is 0 Å². The van der Waals surface area contributed by atoms with Crippen LogP contribution in [-0.2, 0) is 6.42 Å². The number of fused-ring (bicyclic) bond motifs is 1. The van der Waals surface area contributed by atoms with Crippen molar-refractivity contribution in [2.45, 2.75) is 44.2 Å². The standard InChI is InChI=1S/C16H23N3O/c1-17-16(19-13-7-3-4-8-13)18-11-14-10-12-6-2-5-9-15(12)20-14/h2,5-6,9,13-14H,3-4,7-8,10-11H2,1H3,(H2,17,18,19). The van der Waals surface area contributed by atoms with E-state index in [0.717, 1.165) is 24.7 Å². The summed E-state index contributed by atoms with van der Waals surface area (Å²) >= 11 is 0. The number of benzene rings is 1. The summed E-state index contributed by atoms with van der Waals surface area (Å²) in [5.41, 5.74) is 1.30. The highest BCUT2D eigenvalue weighted by Gasteiger charge is 2.23. The van der Waals surface area contributed by atoms with Gasteiger partial charge in [0.1, 0.15) is 11.9 Å². The molecule has 4 nitrogen and oxygen atoms in total. The van der Waals surface area contributed by atoms with Gasteiger partial charge in [-0.15, -0.1) is 0 Å². The van der Waals surface area contributed by atoms with Crippen molar-refractivity contribution in [1.29, 1.82) is 0 Å². The minimum atomic E-state index is 0.203. The van der Waals surface area contributed by atoms with Crippen LogP contribution in [0.25, 0.3) is 0 Å². The third-order valence-corrected chi connectivity index (χ3v) is 4.13. The van der Waals surface area contributed by atoms with Crippen LogP contribution in [0.2, 0.25) is 0 Å². The molecule has 1 aromatic carbocycles. The van der Waals surface area contributed by atoms with Crippen LogP contribution in [0, 0.1) is 0 Å². The van der Waals surface area contributed by atoms with Gasteiger partial charge in [-0.05, 0) is 24.5 Å². The number of aliphatic imine (C=N–C) groups is 1. The molecule has 1 aliphatic heterocycles. The van der Waals surface area contributed by atoms with Crippen molar-refractivity contribution < 1.29 is 4.74 Å². The van der Waals surface area contributed by atoms with Crippen LogP contribution in [0.4, 0.5) is 0 Å². The summed E-state index contributed by atoms with van der Waals surface area (Å²) in [6, 6.07) is 8.86. The van der Waals surface area contributed by atoms with Gasteiger partial charge in [0.2, 0.25) is 0 Å². The number of nitrogens with zero attached hydrogens (tertiary/aromatic N) is 1. The van der Waals surface area contributed by atoms with E-state index in [9.17, 15) is 0 Å². The van der Waals surface area contributed by atoms with Gasteiger partial charge >= 0.3 is 0 Å². The van der Waals surface area contributed by atoms with Gasteiger partial charge in [-0.1, -0.05) is 31.0 Å². The molecule has 0 bridgehead atoms. The lowest BCUT2D eigenvalue weighted by molar-refractivity contribution is 0.234. The summed E-state index contributed by atoms with van der Waals surface area (Å²) in [4.78, 5) is 4.30. The third-order valence-electron chi connectivity index (χ3n) is 4.13. The van der Waals surface area contributed by atoms with Crippen molar-refractivity contribution in [1.82, 2.24) is 10.6 Å². The van der Waals surface area contributed by atoms with Crippen molar-refractivity contribution in [2.24, 2.45) is 4.99 Å². The number of rotatable bonds is 3. The number of para-hydroxylation sites is 1. The maximum Gasteiger partial charge on any atom is 0.191 e. The van der Waals surface area contributed by atoms with Gasteiger partial charge in [-0.2, -0.15) is 0 Å². The molecule has 1 fully saturated rings. The summed E-state index contributed by atoms with van der Waals surface area (Å²) in [6.07, 6.45) is 6.35. The largest absolute Gasteiger partial charge is 0.488 e. The van der Waals surface area contributed by atoms with Crippen molar-refractivity contribution in [3.05, 3.63) is 29.8 Å². The Morgan fingerprint density at radius 2 is 2.10 bits per heavy atom. The summed E-state index contributed by atoms with van der Waals surface area (Å²) < 4.78 is 5.93. The normalized spacial score (nSPS) is 22.4. The monoisotopic (exact) mass is 273 g/mol. The van der Waals surface area contributed by atoms with Crippen LogP contribution in [0.1, 0.15) is 31.2 Å². The topological polar surface area (TPSA) is 45.7 Å². The molecule has 0 spiro atoms. The van der Waals surface area contributed by atoms with Crippen LogP contribution >= 0.6 is 0 Å². The highest BCUT2D eigenvalue weighted by molar-refractivity contribution is 5.80. The number of guanidine groups is 1. The Bertz CT molecular complexity index is 455. The van der Waals surface area contributed by atoms with E-state index < -0.39 is 0 Å². The van der Waals surface area contributed by atoms with Gasteiger partial charge in [0.05, 0.1) is 6.54 Å². The first-order chi connectivity index (χ1) is 9.85. The highest BCUT2D eigenvalue weighted by Crippen LogP contribution is 2.27. The van der Waals surface area contributed by atoms with E-state index in [4.69, 9.17) is 4.74 Å². The molecule has 4 heteroatoms. The maximum atomic E-state index is 5.93. The average Bonchev–Trinajstić information content (AvgIpc) is 3.12. The molecule has 108 valence electrons. The molecule has 20 heavy (non-hydrogen) atoms. The van der Waals surface area contributed by atoms with Crippen molar-refractivity contribution in [3.8, 4) is 5.75 Å². The van der Waals surface area contributed by atoms with Crippen LogP contribution in [-0.4, -0.2) is 31.7 Å². The Morgan fingerprint density at radius 3 is 2.85 bits per heavy atom. The van der Waals surface area contributed by atoms with E-state index in [1.165, 1.54) is 31.2 Å². The van der Waals surface area contributed by atoms with E-state index in [2.05, 4.69) is 27.8 Å². The fraction of sp³-hybridized carbons (Fsp3) is 0.562. The molecule has 1 unspecified atom stereocenters. The average molecular weight is 273 g/mol. The Kier molecular flexibility index (Phi) is 4.09. The highest BCUT2D eigenvalue weighted by atomic mass is 16.5. The van der Waals surface area contributed by atoms with E-state index in [1.807, 2.05) is 19.2 Å². The number of hydrogen-bond donors (Lipinski definition) is 2. The Labute approximate surface area is 120 Å². The molecule has 1 heterocycles. The van der Waals surface area contributed by atoms with E-state index in [0.29, 0.717) is 6.04 Å². The second-order valence-electron chi connectivity index (χ2n) is 5.63. The smallest absolute Gasteiger partial charge is 0.191 e. The van der Waals surface area contributed by atoms with Crippen LogP contribution < -0.4 is 15.4 Å². The van der Waals surface area contributed by atoms with Gasteiger partial charge in [0, 0.05) is 19.5 Å². The molecule has 0 aromatic heterocycles. The molecule has 1 aromatic rings. The van der Waals surface area contributed by atoms with Gasteiger partial charge in [0.25, 0.3) is 0 Å². The van der Waals surface area contributed by atoms with Gasteiger partial charge in [-0.3, -0.25) is 4.99 Å². The minimum Gasteiger partial charge on any atom is -0.488 e. The van der Waals surface area contributed by atoms with Crippen LogP contribution in [0.5, 0.6) is 5.75 Å². The van der Waals surface area contributed by atoms with Gasteiger partial charge < -0.3 is 15.4 Å². The molecule has 0 radical (unpaired) electrons. The number of hydrogen-bond acceptors (Lipinski definition) is 2. The SMILES string of the molecule is CN=C(NCC1Cc2ccccc2O1)NC1CCCC1. The Hall–Kier alpha value is -1.71. The molecular weight excluding hydrogens is 250 g/mol. The Balaban J connectivity index is 1.47. The molecule has 1 atom stereocenters. The molecule has 2 N–H and O–H groups in total. The summed E-state index contributed by atoms with van der Waals surface area (Å²) in [5.74, 6) is 1.93. The predicted molar refractivity (Wildman–Crippen MR) is 81.3 cm³/mol. The van der Waals surface area contributed by atoms with Gasteiger partial charge in [0.15, 0.2) is 5.96 Å². The first-order valence-corrected chi connectivity index (χ1v) is 7.57. The lowest BCUT2D eigenvalue weighted by Gasteiger charge is -2.18. The van der Waals surface area contributed by atoms with Crippen molar-refractivity contribution >= 4 is 5.96 Å². The molecule has 0 amide bonds. The fourth-order valence-corrected chi connectivity index (χ4v) is 3.04. The summed E-state index contributed by atoms with van der Waals surface area (Å²) in [7, 11) is 1.83. The van der Waals surface area contributed by atoms with Crippen molar-refractivity contribution in [3.63, 3.8) is 0 Å². The van der Waals surface area contributed by atoms with Crippen LogP contribution in [0.15, 0.2) is 29.3 Å². The van der Waals surface area contributed by atoms with Gasteiger partial charge in [-0.25, -0.2) is 0 Å². The molecule has 3 rings (SSSR count). The minimum absolute atomic E-state index is 0.203. The summed E-state index contributed by atoms with van der Waals surface area (Å²) in [5, 5.41) is 6.88. The zero-order valence-electron chi connectivity index (χ0n) is 12.1. The number of ether oxygens (including phenoxy) is 1. The molecule has 0 saturated heterocycles. The third kappa shape index (κ3) is 3.06. The zero-order chi connectivity index (χ0) is 13.8. The van der Waals surface area contributed by atoms with E-state index in [1.54, 1.807) is 0 Å².